The maximum atomic E-state index is 11.8. The minimum Gasteiger partial charge on any atom is -0.497 e. The molecule has 0 aliphatic carbocycles. The van der Waals surface area contributed by atoms with Crippen LogP contribution in [-0.2, 0) is 11.2 Å². The number of anilines is 1. The molecule has 3 nitrogen and oxygen atoms in total. The number of unbranched alkanes of at least 4 members (excludes halogenated alkanes) is 1. The van der Waals surface area contributed by atoms with Gasteiger partial charge in [-0.15, -0.1) is 0 Å². The molecule has 0 saturated carbocycles. The van der Waals surface area contributed by atoms with E-state index >= 15 is 0 Å². The van der Waals surface area contributed by atoms with Crippen LogP contribution < -0.4 is 10.1 Å². The first kappa shape index (κ1) is 15.1. The summed E-state index contributed by atoms with van der Waals surface area (Å²) >= 11 is 0. The fourth-order valence-corrected chi connectivity index (χ4v) is 2.16. The zero-order valence-corrected chi connectivity index (χ0v) is 12.3. The maximum Gasteiger partial charge on any atom is 0.224 e. The van der Waals surface area contributed by atoms with E-state index in [4.69, 9.17) is 4.74 Å². The molecule has 1 amide bonds. The summed E-state index contributed by atoms with van der Waals surface area (Å²) in [6.45, 7) is 0. The average molecular weight is 283 g/mol. The van der Waals surface area contributed by atoms with Gasteiger partial charge in [-0.25, -0.2) is 0 Å². The van der Waals surface area contributed by atoms with E-state index in [2.05, 4.69) is 17.4 Å². The van der Waals surface area contributed by atoms with E-state index in [1.54, 1.807) is 7.11 Å². The van der Waals surface area contributed by atoms with Crippen LogP contribution >= 0.6 is 0 Å². The van der Waals surface area contributed by atoms with Crippen LogP contribution in [0.5, 0.6) is 5.75 Å². The van der Waals surface area contributed by atoms with Crippen LogP contribution in [0.4, 0.5) is 5.69 Å². The van der Waals surface area contributed by atoms with Gasteiger partial charge in [0.1, 0.15) is 5.75 Å². The number of benzene rings is 2. The van der Waals surface area contributed by atoms with Gasteiger partial charge in [0.05, 0.1) is 7.11 Å². The molecular formula is C18H21NO2. The van der Waals surface area contributed by atoms with E-state index in [1.807, 2.05) is 42.5 Å². The van der Waals surface area contributed by atoms with Crippen molar-refractivity contribution in [2.24, 2.45) is 0 Å². The second kappa shape index (κ2) is 8.10. The third kappa shape index (κ3) is 5.30. The zero-order valence-electron chi connectivity index (χ0n) is 12.3. The second-order valence-electron chi connectivity index (χ2n) is 4.97. The Morgan fingerprint density at radius 1 is 1.00 bits per heavy atom. The van der Waals surface area contributed by atoms with Crippen LogP contribution in [-0.4, -0.2) is 13.0 Å². The lowest BCUT2D eigenvalue weighted by Gasteiger charge is -2.06. The Balaban J connectivity index is 1.67. The molecule has 0 unspecified atom stereocenters. The first-order valence-corrected chi connectivity index (χ1v) is 7.26. The summed E-state index contributed by atoms with van der Waals surface area (Å²) in [7, 11) is 1.63. The molecule has 0 atom stereocenters. The molecule has 2 aromatic rings. The quantitative estimate of drug-likeness (QED) is 0.779. The summed E-state index contributed by atoms with van der Waals surface area (Å²) in [4.78, 5) is 11.8. The fraction of sp³-hybridized carbons (Fsp3) is 0.278. The molecule has 1 N–H and O–H groups in total. The highest BCUT2D eigenvalue weighted by Gasteiger charge is 2.02. The number of amides is 1. The lowest BCUT2D eigenvalue weighted by molar-refractivity contribution is -0.116. The molecule has 0 spiro atoms. The Hall–Kier alpha value is -2.29. The Labute approximate surface area is 126 Å². The van der Waals surface area contributed by atoms with Crippen molar-refractivity contribution in [3.63, 3.8) is 0 Å². The van der Waals surface area contributed by atoms with Crippen LogP contribution in [0.1, 0.15) is 24.8 Å². The zero-order chi connectivity index (χ0) is 14.9. The largest absolute Gasteiger partial charge is 0.497 e. The van der Waals surface area contributed by atoms with Crippen LogP contribution in [0.15, 0.2) is 54.6 Å². The summed E-state index contributed by atoms with van der Waals surface area (Å²) in [5, 5.41) is 2.90. The monoisotopic (exact) mass is 283 g/mol. The van der Waals surface area contributed by atoms with Crippen molar-refractivity contribution in [3.05, 3.63) is 60.2 Å². The van der Waals surface area contributed by atoms with E-state index < -0.39 is 0 Å². The molecule has 0 heterocycles. The molecule has 3 heteroatoms. The van der Waals surface area contributed by atoms with Crippen LogP contribution in [0.25, 0.3) is 0 Å². The molecule has 0 bridgehead atoms. The smallest absolute Gasteiger partial charge is 0.224 e. The van der Waals surface area contributed by atoms with E-state index in [-0.39, 0.29) is 5.91 Å². The van der Waals surface area contributed by atoms with Gasteiger partial charge in [0.15, 0.2) is 0 Å². The first-order chi connectivity index (χ1) is 10.3. The molecule has 0 aliphatic rings. The number of ether oxygens (including phenoxy) is 1. The van der Waals surface area contributed by atoms with E-state index in [0.29, 0.717) is 6.42 Å². The lowest BCUT2D eigenvalue weighted by Crippen LogP contribution is -2.11. The Kier molecular flexibility index (Phi) is 5.83. The number of aryl methyl sites for hydroxylation is 1. The summed E-state index contributed by atoms with van der Waals surface area (Å²) in [6, 6.07) is 17.7. The van der Waals surface area contributed by atoms with Crippen LogP contribution in [0, 0.1) is 0 Å². The van der Waals surface area contributed by atoms with E-state index in [0.717, 1.165) is 30.7 Å². The van der Waals surface area contributed by atoms with Crippen molar-refractivity contribution < 1.29 is 9.53 Å². The van der Waals surface area contributed by atoms with Crippen LogP contribution in [0.3, 0.4) is 0 Å². The molecule has 110 valence electrons. The summed E-state index contributed by atoms with van der Waals surface area (Å²) in [6.07, 6.45) is 3.51. The Bertz CT molecular complexity index is 549. The van der Waals surface area contributed by atoms with Gasteiger partial charge in [-0.3, -0.25) is 4.79 Å². The number of hydrogen-bond acceptors (Lipinski definition) is 2. The van der Waals surface area contributed by atoms with Crippen LogP contribution in [0.2, 0.25) is 0 Å². The summed E-state index contributed by atoms with van der Waals surface area (Å²) in [5.41, 5.74) is 2.14. The molecule has 0 fully saturated rings. The Morgan fingerprint density at radius 3 is 2.38 bits per heavy atom. The van der Waals surface area contributed by atoms with E-state index in [9.17, 15) is 4.79 Å². The molecule has 2 rings (SSSR count). The number of rotatable bonds is 7. The number of nitrogens with one attached hydrogen (secondary N) is 1. The van der Waals surface area contributed by atoms with Gasteiger partial charge in [-0.2, -0.15) is 0 Å². The highest BCUT2D eigenvalue weighted by atomic mass is 16.5. The minimum absolute atomic E-state index is 0.0632. The van der Waals surface area contributed by atoms with Crippen molar-refractivity contribution in [2.75, 3.05) is 12.4 Å². The first-order valence-electron chi connectivity index (χ1n) is 7.26. The maximum absolute atomic E-state index is 11.8. The van der Waals surface area contributed by atoms with E-state index in [1.165, 1.54) is 5.56 Å². The minimum atomic E-state index is 0.0632. The van der Waals surface area contributed by atoms with Crippen molar-refractivity contribution in [1.29, 1.82) is 0 Å². The average Bonchev–Trinajstić information content (AvgIpc) is 2.53. The third-order valence-electron chi connectivity index (χ3n) is 3.34. The van der Waals surface area contributed by atoms with Gasteiger partial charge in [0.25, 0.3) is 0 Å². The molecular weight excluding hydrogens is 262 g/mol. The molecule has 2 aromatic carbocycles. The van der Waals surface area contributed by atoms with Gasteiger partial charge < -0.3 is 10.1 Å². The van der Waals surface area contributed by atoms with Gasteiger partial charge in [0, 0.05) is 12.1 Å². The highest BCUT2D eigenvalue weighted by molar-refractivity contribution is 5.90. The number of carbonyl (C=O) groups excluding carboxylic acids is 1. The van der Waals surface area contributed by atoms with Crippen molar-refractivity contribution >= 4 is 11.6 Å². The number of carbonyl (C=O) groups is 1. The molecule has 0 radical (unpaired) electrons. The van der Waals surface area contributed by atoms with Crippen molar-refractivity contribution in [3.8, 4) is 5.75 Å². The third-order valence-corrected chi connectivity index (χ3v) is 3.34. The molecule has 0 aliphatic heterocycles. The molecule has 0 aromatic heterocycles. The SMILES string of the molecule is COc1ccc(NC(=O)CCCCc2ccccc2)cc1. The number of hydrogen-bond donors (Lipinski definition) is 1. The van der Waals surface area contributed by atoms with Gasteiger partial charge in [0.2, 0.25) is 5.91 Å². The molecule has 0 saturated heterocycles. The summed E-state index contributed by atoms with van der Waals surface area (Å²) < 4.78 is 5.08. The standard InChI is InChI=1S/C18H21NO2/c1-21-17-13-11-16(12-14-17)19-18(20)10-6-5-9-15-7-3-2-4-8-15/h2-4,7-8,11-14H,5-6,9-10H2,1H3,(H,19,20). The van der Waals surface area contributed by atoms with Gasteiger partial charge in [-0.1, -0.05) is 30.3 Å². The topological polar surface area (TPSA) is 38.3 Å². The van der Waals surface area contributed by atoms with Gasteiger partial charge >= 0.3 is 0 Å². The predicted octanol–water partition coefficient (Wildman–Crippen LogP) is 4.05. The van der Waals surface area contributed by atoms with Gasteiger partial charge in [-0.05, 0) is 49.1 Å². The fourth-order valence-electron chi connectivity index (χ4n) is 2.16. The second-order valence-corrected chi connectivity index (χ2v) is 4.97. The molecule has 21 heavy (non-hydrogen) atoms. The normalized spacial score (nSPS) is 10.1. The van der Waals surface area contributed by atoms with Crippen molar-refractivity contribution in [2.45, 2.75) is 25.7 Å². The Morgan fingerprint density at radius 2 is 1.71 bits per heavy atom. The predicted molar refractivity (Wildman–Crippen MR) is 85.6 cm³/mol. The number of methoxy groups -OCH3 is 1. The van der Waals surface area contributed by atoms with Crippen molar-refractivity contribution in [1.82, 2.24) is 0 Å². The highest BCUT2D eigenvalue weighted by Crippen LogP contribution is 2.15. The lowest BCUT2D eigenvalue weighted by atomic mass is 10.1. The summed E-state index contributed by atoms with van der Waals surface area (Å²) in [5.74, 6) is 0.851.